The van der Waals surface area contributed by atoms with E-state index in [4.69, 9.17) is 9.84 Å². The summed E-state index contributed by atoms with van der Waals surface area (Å²) in [5.41, 5.74) is 0.966. The van der Waals surface area contributed by atoms with Gasteiger partial charge in [0.25, 0.3) is 5.91 Å². The number of morpholine rings is 1. The van der Waals surface area contributed by atoms with Crippen molar-refractivity contribution in [1.82, 2.24) is 4.90 Å². The second kappa shape index (κ2) is 5.83. The van der Waals surface area contributed by atoms with Gasteiger partial charge in [-0.1, -0.05) is 12.1 Å². The van der Waals surface area contributed by atoms with E-state index in [1.165, 1.54) is 11.8 Å². The van der Waals surface area contributed by atoms with E-state index >= 15 is 0 Å². The number of Topliss-reactive ketones (excluding diaryl/α,β-unsaturated/α-hetero) is 1. The number of rotatable bonds is 3. The van der Waals surface area contributed by atoms with Crippen molar-refractivity contribution in [1.29, 1.82) is 0 Å². The molecular formula is C14H15NO5. The molecule has 0 spiro atoms. The lowest BCUT2D eigenvalue weighted by molar-refractivity contribution is -0.154. The molecule has 6 nitrogen and oxygen atoms in total. The van der Waals surface area contributed by atoms with Crippen LogP contribution in [0.3, 0.4) is 0 Å². The number of aliphatic carboxylic acids is 1. The summed E-state index contributed by atoms with van der Waals surface area (Å²) >= 11 is 0. The van der Waals surface area contributed by atoms with Gasteiger partial charge in [-0.05, 0) is 19.1 Å². The average molecular weight is 277 g/mol. The highest BCUT2D eigenvalue weighted by Gasteiger charge is 2.29. The molecule has 2 rings (SSSR count). The quantitative estimate of drug-likeness (QED) is 0.827. The lowest BCUT2D eigenvalue weighted by Crippen LogP contribution is -2.48. The van der Waals surface area contributed by atoms with Crippen LogP contribution in [0.1, 0.15) is 27.6 Å². The molecule has 0 aliphatic carbocycles. The fourth-order valence-corrected chi connectivity index (χ4v) is 2.01. The predicted octanol–water partition coefficient (Wildman–Crippen LogP) is 0.815. The largest absolute Gasteiger partial charge is 0.479 e. The highest BCUT2D eigenvalue weighted by Crippen LogP contribution is 2.12. The van der Waals surface area contributed by atoms with Crippen LogP contribution in [0.25, 0.3) is 0 Å². The van der Waals surface area contributed by atoms with E-state index in [0.29, 0.717) is 17.7 Å². The molecule has 106 valence electrons. The van der Waals surface area contributed by atoms with Gasteiger partial charge >= 0.3 is 5.97 Å². The summed E-state index contributed by atoms with van der Waals surface area (Å²) in [5.74, 6) is -1.40. The molecule has 1 aliphatic heterocycles. The van der Waals surface area contributed by atoms with Crippen molar-refractivity contribution >= 4 is 17.7 Å². The molecule has 0 bridgehead atoms. The zero-order valence-corrected chi connectivity index (χ0v) is 11.0. The summed E-state index contributed by atoms with van der Waals surface area (Å²) in [5, 5.41) is 8.91. The second-order valence-corrected chi connectivity index (χ2v) is 4.58. The van der Waals surface area contributed by atoms with Crippen LogP contribution < -0.4 is 0 Å². The number of ether oxygens (including phenoxy) is 1. The molecular weight excluding hydrogens is 262 g/mol. The zero-order valence-electron chi connectivity index (χ0n) is 11.0. The number of carboxylic acid groups (broad SMARTS) is 1. The molecule has 1 saturated heterocycles. The number of hydrogen-bond acceptors (Lipinski definition) is 4. The molecule has 1 fully saturated rings. The van der Waals surface area contributed by atoms with Crippen molar-refractivity contribution in [3.8, 4) is 0 Å². The number of carboxylic acids is 1. The molecule has 1 aromatic rings. The first-order valence-electron chi connectivity index (χ1n) is 6.23. The molecule has 0 radical (unpaired) electrons. The molecule has 1 aromatic carbocycles. The maximum Gasteiger partial charge on any atom is 0.334 e. The number of amides is 1. The first-order chi connectivity index (χ1) is 9.49. The van der Waals surface area contributed by atoms with Crippen molar-refractivity contribution in [3.63, 3.8) is 0 Å². The van der Waals surface area contributed by atoms with Gasteiger partial charge in [-0.3, -0.25) is 9.59 Å². The summed E-state index contributed by atoms with van der Waals surface area (Å²) in [7, 11) is 0. The van der Waals surface area contributed by atoms with Crippen molar-refractivity contribution in [2.45, 2.75) is 13.0 Å². The summed E-state index contributed by atoms with van der Waals surface area (Å²) in [6.45, 7) is 2.05. The van der Waals surface area contributed by atoms with E-state index in [0.717, 1.165) is 0 Å². The third-order valence-corrected chi connectivity index (χ3v) is 3.17. The molecule has 1 amide bonds. The number of nitrogens with zero attached hydrogens (tertiary/aromatic N) is 1. The van der Waals surface area contributed by atoms with Crippen LogP contribution in [0.2, 0.25) is 0 Å². The molecule has 0 aromatic heterocycles. The third kappa shape index (κ3) is 3.03. The van der Waals surface area contributed by atoms with Crippen molar-refractivity contribution in [2.24, 2.45) is 0 Å². The first-order valence-corrected chi connectivity index (χ1v) is 6.23. The van der Waals surface area contributed by atoms with Crippen molar-refractivity contribution in [3.05, 3.63) is 35.4 Å². The Balaban J connectivity index is 2.10. The van der Waals surface area contributed by atoms with Crippen LogP contribution >= 0.6 is 0 Å². The Morgan fingerprint density at radius 3 is 2.35 bits per heavy atom. The van der Waals surface area contributed by atoms with Gasteiger partial charge in [0.2, 0.25) is 0 Å². The van der Waals surface area contributed by atoms with Crippen LogP contribution in [-0.4, -0.2) is 53.5 Å². The minimum atomic E-state index is -1.07. The van der Waals surface area contributed by atoms with Crippen LogP contribution in [0.15, 0.2) is 24.3 Å². The summed E-state index contributed by atoms with van der Waals surface area (Å²) in [6.07, 6.45) is -0.982. The van der Waals surface area contributed by atoms with Gasteiger partial charge < -0.3 is 14.7 Å². The Morgan fingerprint density at radius 2 is 1.80 bits per heavy atom. The standard InChI is InChI=1S/C14H15NO5/c1-9(16)10-2-4-11(5-3-10)13(17)15-6-7-20-12(8-15)14(18)19/h2-5,12H,6-8H2,1H3,(H,18,19). The molecule has 1 heterocycles. The third-order valence-electron chi connectivity index (χ3n) is 3.17. The van der Waals surface area contributed by atoms with Gasteiger partial charge in [-0.15, -0.1) is 0 Å². The smallest absolute Gasteiger partial charge is 0.334 e. The lowest BCUT2D eigenvalue weighted by atomic mass is 10.1. The Labute approximate surface area is 115 Å². The van der Waals surface area contributed by atoms with Crippen LogP contribution in [-0.2, 0) is 9.53 Å². The Kier molecular flexibility index (Phi) is 4.14. The molecule has 1 unspecified atom stereocenters. The number of carbonyl (C=O) groups is 3. The molecule has 1 N–H and O–H groups in total. The normalized spacial score (nSPS) is 18.6. The van der Waals surface area contributed by atoms with E-state index in [1.807, 2.05) is 0 Å². The van der Waals surface area contributed by atoms with Gasteiger partial charge in [0.15, 0.2) is 11.9 Å². The van der Waals surface area contributed by atoms with Crippen LogP contribution in [0, 0.1) is 0 Å². The van der Waals surface area contributed by atoms with Gasteiger partial charge in [0.05, 0.1) is 13.2 Å². The fraction of sp³-hybridized carbons (Fsp3) is 0.357. The van der Waals surface area contributed by atoms with E-state index in [1.54, 1.807) is 24.3 Å². The van der Waals surface area contributed by atoms with E-state index in [2.05, 4.69) is 0 Å². The van der Waals surface area contributed by atoms with Crippen molar-refractivity contribution < 1.29 is 24.2 Å². The maximum absolute atomic E-state index is 12.2. The van der Waals surface area contributed by atoms with E-state index < -0.39 is 12.1 Å². The topological polar surface area (TPSA) is 83.9 Å². The molecule has 20 heavy (non-hydrogen) atoms. The van der Waals surface area contributed by atoms with E-state index in [-0.39, 0.29) is 24.8 Å². The Hall–Kier alpha value is -2.21. The monoisotopic (exact) mass is 277 g/mol. The van der Waals surface area contributed by atoms with Crippen LogP contribution in [0.5, 0.6) is 0 Å². The molecule has 0 saturated carbocycles. The predicted molar refractivity (Wildman–Crippen MR) is 69.7 cm³/mol. The number of carbonyl (C=O) groups excluding carboxylic acids is 2. The highest BCUT2D eigenvalue weighted by molar-refractivity contribution is 5.98. The first kappa shape index (κ1) is 14.2. The number of ketones is 1. The number of benzene rings is 1. The van der Waals surface area contributed by atoms with Crippen molar-refractivity contribution in [2.75, 3.05) is 19.7 Å². The highest BCUT2D eigenvalue weighted by atomic mass is 16.5. The summed E-state index contributed by atoms with van der Waals surface area (Å²) in [6, 6.07) is 6.32. The van der Waals surface area contributed by atoms with Gasteiger partial charge in [-0.2, -0.15) is 0 Å². The molecule has 1 atom stereocenters. The fourth-order valence-electron chi connectivity index (χ4n) is 2.01. The minimum absolute atomic E-state index is 0.0304. The van der Waals surface area contributed by atoms with E-state index in [9.17, 15) is 14.4 Å². The second-order valence-electron chi connectivity index (χ2n) is 4.58. The van der Waals surface area contributed by atoms with Crippen LogP contribution in [0.4, 0.5) is 0 Å². The summed E-state index contributed by atoms with van der Waals surface area (Å²) in [4.78, 5) is 35.7. The SMILES string of the molecule is CC(=O)c1ccc(C(=O)N2CCOC(C(=O)O)C2)cc1. The summed E-state index contributed by atoms with van der Waals surface area (Å²) < 4.78 is 5.07. The lowest BCUT2D eigenvalue weighted by Gasteiger charge is -2.30. The average Bonchev–Trinajstić information content (AvgIpc) is 2.46. The molecule has 1 aliphatic rings. The molecule has 6 heteroatoms. The van der Waals surface area contributed by atoms with Gasteiger partial charge in [-0.25, -0.2) is 4.79 Å². The number of hydrogen-bond donors (Lipinski definition) is 1. The maximum atomic E-state index is 12.2. The zero-order chi connectivity index (χ0) is 14.7. The Bertz CT molecular complexity index is 537. The van der Waals surface area contributed by atoms with Gasteiger partial charge in [0, 0.05) is 17.7 Å². The Morgan fingerprint density at radius 1 is 1.20 bits per heavy atom. The van der Waals surface area contributed by atoms with Gasteiger partial charge in [0.1, 0.15) is 0 Å². The minimum Gasteiger partial charge on any atom is -0.479 e.